The van der Waals surface area contributed by atoms with Crippen LogP contribution in [0.5, 0.6) is 0 Å². The predicted octanol–water partition coefficient (Wildman–Crippen LogP) is 2.77. The Morgan fingerprint density at radius 3 is 2.96 bits per heavy atom. The molecule has 0 unspecified atom stereocenters. The fourth-order valence-electron chi connectivity index (χ4n) is 4.41. The Kier molecular flexibility index (Phi) is 3.91. The van der Waals surface area contributed by atoms with Crippen LogP contribution in [0.25, 0.3) is 11.3 Å². The molecule has 1 aromatic carbocycles. The van der Waals surface area contributed by atoms with Crippen LogP contribution in [0, 0.1) is 6.92 Å². The summed E-state index contributed by atoms with van der Waals surface area (Å²) in [5, 5.41) is 4.28. The van der Waals surface area contributed by atoms with E-state index >= 15 is 0 Å². The van der Waals surface area contributed by atoms with Gasteiger partial charge in [0.1, 0.15) is 18.0 Å². The quantitative estimate of drug-likeness (QED) is 0.718. The molecule has 5 rings (SSSR count). The normalized spacial score (nSPS) is 22.4. The molecule has 6 heteroatoms. The number of rotatable bonds is 3. The molecule has 4 heterocycles. The molecule has 0 aliphatic carbocycles. The zero-order chi connectivity index (χ0) is 18.4. The fourth-order valence-corrected chi connectivity index (χ4v) is 4.41. The van der Waals surface area contributed by atoms with Crippen molar-refractivity contribution < 1.29 is 4.74 Å². The first-order valence-electron chi connectivity index (χ1n) is 9.56. The Bertz CT molecular complexity index is 975. The van der Waals surface area contributed by atoms with E-state index in [1.165, 1.54) is 22.4 Å². The van der Waals surface area contributed by atoms with Gasteiger partial charge in [-0.1, -0.05) is 23.8 Å². The molecule has 2 aliphatic heterocycles. The van der Waals surface area contributed by atoms with Crippen molar-refractivity contribution in [3.05, 3.63) is 59.8 Å². The standard InChI is InChI=1S/C21H25N5O/c1-16-4-3-5-18(8-16)19-10-22-20-13-27-21(15-26(19)20)6-7-25(14-21)12-17-9-23-24(2)11-17/h3-5,8-11H,6-7,12-15H2,1-2H3/t21-/m0/s1. The number of likely N-dealkylation sites (tertiary alicyclic amines) is 1. The number of fused-ring (bicyclic) bond motifs is 1. The summed E-state index contributed by atoms with van der Waals surface area (Å²) in [7, 11) is 1.96. The predicted molar refractivity (Wildman–Crippen MR) is 103 cm³/mol. The summed E-state index contributed by atoms with van der Waals surface area (Å²) < 4.78 is 10.6. The lowest BCUT2D eigenvalue weighted by molar-refractivity contribution is -0.0821. The average Bonchev–Trinajstić information content (AvgIpc) is 3.35. The number of benzene rings is 1. The molecule has 0 radical (unpaired) electrons. The van der Waals surface area contributed by atoms with E-state index in [1.807, 2.05) is 24.1 Å². The van der Waals surface area contributed by atoms with E-state index in [-0.39, 0.29) is 5.60 Å². The molecule has 3 aromatic rings. The van der Waals surface area contributed by atoms with E-state index in [2.05, 4.69) is 56.9 Å². The van der Waals surface area contributed by atoms with E-state index in [1.54, 1.807) is 0 Å². The van der Waals surface area contributed by atoms with Crippen LogP contribution < -0.4 is 0 Å². The summed E-state index contributed by atoms with van der Waals surface area (Å²) in [6.07, 6.45) is 7.10. The maximum absolute atomic E-state index is 6.35. The number of nitrogens with zero attached hydrogens (tertiary/aromatic N) is 5. The number of hydrogen-bond donors (Lipinski definition) is 0. The molecule has 1 atom stereocenters. The van der Waals surface area contributed by atoms with Crippen LogP contribution >= 0.6 is 0 Å². The second-order valence-electron chi connectivity index (χ2n) is 7.97. The fraction of sp³-hybridized carbons (Fsp3) is 0.429. The van der Waals surface area contributed by atoms with Gasteiger partial charge in [0.05, 0.1) is 24.6 Å². The van der Waals surface area contributed by atoms with Crippen molar-refractivity contribution in [1.82, 2.24) is 24.2 Å². The molecule has 6 nitrogen and oxygen atoms in total. The number of aromatic nitrogens is 4. The monoisotopic (exact) mass is 363 g/mol. The van der Waals surface area contributed by atoms with E-state index in [4.69, 9.17) is 4.74 Å². The third-order valence-corrected chi connectivity index (χ3v) is 5.77. The Hall–Kier alpha value is -2.44. The molecule has 0 bridgehead atoms. The van der Waals surface area contributed by atoms with Crippen molar-refractivity contribution in [2.45, 2.75) is 38.6 Å². The van der Waals surface area contributed by atoms with Crippen molar-refractivity contribution in [3.8, 4) is 11.3 Å². The number of aryl methyl sites for hydroxylation is 2. The molecule has 1 saturated heterocycles. The van der Waals surface area contributed by atoms with Crippen molar-refractivity contribution in [3.63, 3.8) is 0 Å². The zero-order valence-corrected chi connectivity index (χ0v) is 15.9. The first-order valence-corrected chi connectivity index (χ1v) is 9.56. The summed E-state index contributed by atoms with van der Waals surface area (Å²) in [5.41, 5.74) is 4.84. The number of imidazole rings is 1. The number of hydrogen-bond acceptors (Lipinski definition) is 4. The minimum absolute atomic E-state index is 0.117. The Morgan fingerprint density at radius 2 is 2.15 bits per heavy atom. The van der Waals surface area contributed by atoms with Crippen molar-refractivity contribution in [2.75, 3.05) is 13.1 Å². The van der Waals surface area contributed by atoms with Gasteiger partial charge in [0, 0.05) is 44.0 Å². The summed E-state index contributed by atoms with van der Waals surface area (Å²) in [6.45, 7) is 6.53. The number of ether oxygens (including phenoxy) is 1. The third kappa shape index (κ3) is 3.09. The summed E-state index contributed by atoms with van der Waals surface area (Å²) in [5.74, 6) is 1.03. The minimum Gasteiger partial charge on any atom is -0.364 e. The molecule has 2 aromatic heterocycles. The Morgan fingerprint density at radius 1 is 1.22 bits per heavy atom. The largest absolute Gasteiger partial charge is 0.364 e. The van der Waals surface area contributed by atoms with Crippen LogP contribution in [0.4, 0.5) is 0 Å². The van der Waals surface area contributed by atoms with Crippen LogP contribution in [0.2, 0.25) is 0 Å². The maximum atomic E-state index is 6.35. The second-order valence-corrected chi connectivity index (χ2v) is 7.97. The SMILES string of the molecule is Cc1cccc(-c2cnc3n2C[C@@]2(CCN(Cc4cnn(C)c4)C2)OC3)c1. The highest BCUT2D eigenvalue weighted by molar-refractivity contribution is 5.60. The molecule has 2 aliphatic rings. The zero-order valence-electron chi connectivity index (χ0n) is 15.9. The minimum atomic E-state index is -0.117. The van der Waals surface area contributed by atoms with Gasteiger partial charge in [-0.2, -0.15) is 5.10 Å². The van der Waals surface area contributed by atoms with Crippen molar-refractivity contribution in [2.24, 2.45) is 7.05 Å². The van der Waals surface area contributed by atoms with Gasteiger partial charge in [0.25, 0.3) is 0 Å². The average molecular weight is 363 g/mol. The smallest absolute Gasteiger partial charge is 0.135 e. The topological polar surface area (TPSA) is 48.1 Å². The van der Waals surface area contributed by atoms with Gasteiger partial charge < -0.3 is 9.30 Å². The highest BCUT2D eigenvalue weighted by Crippen LogP contribution is 2.35. The van der Waals surface area contributed by atoms with Crippen molar-refractivity contribution in [1.29, 1.82) is 0 Å². The molecular weight excluding hydrogens is 338 g/mol. The molecule has 1 spiro atoms. The summed E-state index contributed by atoms with van der Waals surface area (Å²) in [6, 6.07) is 8.65. The van der Waals surface area contributed by atoms with Gasteiger partial charge in [0.2, 0.25) is 0 Å². The highest BCUT2D eigenvalue weighted by atomic mass is 16.5. The van der Waals surface area contributed by atoms with Crippen LogP contribution in [0.15, 0.2) is 42.9 Å². The summed E-state index contributed by atoms with van der Waals surface area (Å²) in [4.78, 5) is 7.10. The van der Waals surface area contributed by atoms with Crippen LogP contribution in [0.1, 0.15) is 23.4 Å². The molecule has 0 saturated carbocycles. The second kappa shape index (κ2) is 6.32. The van der Waals surface area contributed by atoms with E-state index in [9.17, 15) is 0 Å². The van der Waals surface area contributed by atoms with Gasteiger partial charge in [-0.25, -0.2) is 4.98 Å². The molecule has 1 fully saturated rings. The van der Waals surface area contributed by atoms with Gasteiger partial charge >= 0.3 is 0 Å². The van der Waals surface area contributed by atoms with E-state index in [0.717, 1.165) is 38.4 Å². The lowest BCUT2D eigenvalue weighted by Gasteiger charge is -2.35. The van der Waals surface area contributed by atoms with Gasteiger partial charge in [0.15, 0.2) is 0 Å². The maximum Gasteiger partial charge on any atom is 0.135 e. The van der Waals surface area contributed by atoms with E-state index in [0.29, 0.717) is 6.61 Å². The van der Waals surface area contributed by atoms with Crippen LogP contribution in [0.3, 0.4) is 0 Å². The van der Waals surface area contributed by atoms with E-state index < -0.39 is 0 Å². The third-order valence-electron chi connectivity index (χ3n) is 5.77. The van der Waals surface area contributed by atoms with Gasteiger partial charge in [-0.3, -0.25) is 9.58 Å². The van der Waals surface area contributed by atoms with Gasteiger partial charge in [-0.05, 0) is 19.4 Å². The molecule has 140 valence electrons. The molecule has 0 amide bonds. The van der Waals surface area contributed by atoms with Crippen LogP contribution in [-0.2, 0) is 31.5 Å². The lowest BCUT2D eigenvalue weighted by Crippen LogP contribution is -2.44. The summed E-state index contributed by atoms with van der Waals surface area (Å²) >= 11 is 0. The first kappa shape index (κ1) is 16.7. The first-order chi connectivity index (χ1) is 13.1. The Labute approximate surface area is 159 Å². The molecule has 27 heavy (non-hydrogen) atoms. The van der Waals surface area contributed by atoms with Crippen molar-refractivity contribution >= 4 is 0 Å². The molecular formula is C21H25N5O. The Balaban J connectivity index is 1.37. The lowest BCUT2D eigenvalue weighted by atomic mass is 10.0. The molecule has 0 N–H and O–H groups in total. The highest BCUT2D eigenvalue weighted by Gasteiger charge is 2.43. The van der Waals surface area contributed by atoms with Gasteiger partial charge in [-0.15, -0.1) is 0 Å². The van der Waals surface area contributed by atoms with Crippen LogP contribution in [-0.4, -0.2) is 42.9 Å².